The van der Waals surface area contributed by atoms with Gasteiger partial charge in [0.05, 0.1) is 21.7 Å². The van der Waals surface area contributed by atoms with E-state index in [0.717, 1.165) is 11.3 Å². The second-order valence-electron chi connectivity index (χ2n) is 6.80. The van der Waals surface area contributed by atoms with E-state index in [1.807, 2.05) is 0 Å². The fourth-order valence-corrected chi connectivity index (χ4v) is 5.55. The Balaban J connectivity index is 1.45. The number of nitrogens with zero attached hydrogens (tertiary/aromatic N) is 2. The number of benzene rings is 2. The van der Waals surface area contributed by atoms with Crippen molar-refractivity contribution in [2.24, 2.45) is 0 Å². The Morgan fingerprint density at radius 1 is 1.19 bits per heavy atom. The Bertz CT molecular complexity index is 1220. The summed E-state index contributed by atoms with van der Waals surface area (Å²) in [7, 11) is -3.30. The van der Waals surface area contributed by atoms with Crippen LogP contribution in [0.2, 0.25) is 0 Å². The first-order valence-corrected chi connectivity index (χ1v) is 11.6. The number of carbonyl (C=O) groups is 1. The number of anilines is 2. The van der Waals surface area contributed by atoms with Crippen LogP contribution in [0.3, 0.4) is 0 Å². The molecule has 164 valence electrons. The molecule has 31 heavy (non-hydrogen) atoms. The van der Waals surface area contributed by atoms with Crippen molar-refractivity contribution in [3.05, 3.63) is 48.0 Å². The fourth-order valence-electron chi connectivity index (χ4n) is 3.09. The van der Waals surface area contributed by atoms with Crippen LogP contribution in [0.25, 0.3) is 10.2 Å². The minimum absolute atomic E-state index is 0.0544. The van der Waals surface area contributed by atoms with Gasteiger partial charge in [0, 0.05) is 12.1 Å². The van der Waals surface area contributed by atoms with Crippen molar-refractivity contribution in [3.8, 4) is 5.75 Å². The zero-order valence-electron chi connectivity index (χ0n) is 15.8. The van der Waals surface area contributed by atoms with Gasteiger partial charge in [-0.2, -0.15) is 13.2 Å². The minimum Gasteiger partial charge on any atom is -0.484 e. The molecule has 3 aromatic rings. The predicted octanol–water partition coefficient (Wildman–Crippen LogP) is 4.03. The average Bonchev–Trinajstić information content (AvgIpc) is 3.27. The van der Waals surface area contributed by atoms with E-state index in [2.05, 4.69) is 10.3 Å². The molecule has 0 saturated carbocycles. The lowest BCUT2D eigenvalue weighted by molar-refractivity contribution is -0.153. The largest absolute Gasteiger partial charge is 0.484 e. The number of nitrogens with one attached hydrogen (secondary N) is 1. The highest BCUT2D eigenvalue weighted by Crippen LogP contribution is 2.30. The predicted molar refractivity (Wildman–Crippen MR) is 111 cm³/mol. The highest BCUT2D eigenvalue weighted by molar-refractivity contribution is 7.93. The summed E-state index contributed by atoms with van der Waals surface area (Å²) in [5.41, 5.74) is 1.32. The van der Waals surface area contributed by atoms with Crippen molar-refractivity contribution < 1.29 is 31.1 Å². The smallest absolute Gasteiger partial charge is 0.422 e. The van der Waals surface area contributed by atoms with E-state index < -0.39 is 28.7 Å². The van der Waals surface area contributed by atoms with Gasteiger partial charge in [-0.3, -0.25) is 14.4 Å². The number of thiazole rings is 1. The molecule has 0 unspecified atom stereocenters. The summed E-state index contributed by atoms with van der Waals surface area (Å²) in [6.45, 7) is -0.982. The van der Waals surface area contributed by atoms with Crippen LogP contribution in [-0.4, -0.2) is 44.4 Å². The first kappa shape index (κ1) is 21.4. The molecule has 0 atom stereocenters. The molecule has 4 rings (SSSR count). The van der Waals surface area contributed by atoms with Gasteiger partial charge in [0.25, 0.3) is 5.91 Å². The molecule has 1 fully saturated rings. The second kappa shape index (κ2) is 8.00. The Labute approximate surface area is 179 Å². The summed E-state index contributed by atoms with van der Waals surface area (Å²) in [6, 6.07) is 10.5. The van der Waals surface area contributed by atoms with Crippen molar-refractivity contribution >= 4 is 48.3 Å². The molecule has 0 aliphatic carbocycles. The first-order valence-electron chi connectivity index (χ1n) is 9.13. The van der Waals surface area contributed by atoms with Crippen LogP contribution in [0.1, 0.15) is 16.8 Å². The van der Waals surface area contributed by atoms with Gasteiger partial charge in [0.15, 0.2) is 11.7 Å². The zero-order chi connectivity index (χ0) is 22.2. The summed E-state index contributed by atoms with van der Waals surface area (Å²) in [5, 5.41) is 2.92. The van der Waals surface area contributed by atoms with E-state index in [0.29, 0.717) is 34.4 Å². The zero-order valence-corrected chi connectivity index (χ0v) is 17.5. The second-order valence-corrected chi connectivity index (χ2v) is 9.84. The molecule has 1 amide bonds. The van der Waals surface area contributed by atoms with Gasteiger partial charge in [-0.25, -0.2) is 13.4 Å². The first-order chi connectivity index (χ1) is 14.6. The van der Waals surface area contributed by atoms with E-state index in [1.165, 1.54) is 34.6 Å². The minimum atomic E-state index is -4.43. The summed E-state index contributed by atoms with van der Waals surface area (Å²) in [4.78, 5) is 16.8. The maximum Gasteiger partial charge on any atom is 0.422 e. The standard InChI is InChI=1S/C19H16F3N3O4S2/c20-19(21,22)11-29-14-6-7-15-16(10-14)30-18(23-15)24-17(26)12-2-4-13(5-3-12)25-8-1-9-31(25,27)28/h2-7,10H,1,8-9,11H2,(H,23,24,26). The molecule has 0 spiro atoms. The molecule has 1 saturated heterocycles. The number of halogens is 3. The summed E-state index contributed by atoms with van der Waals surface area (Å²) in [6.07, 6.45) is -3.87. The molecule has 1 aliphatic rings. The number of ether oxygens (including phenoxy) is 1. The molecule has 1 aromatic heterocycles. The highest BCUT2D eigenvalue weighted by Gasteiger charge is 2.29. The summed E-state index contributed by atoms with van der Waals surface area (Å²) in [5.74, 6) is -0.280. The number of sulfonamides is 1. The Morgan fingerprint density at radius 3 is 2.58 bits per heavy atom. The van der Waals surface area contributed by atoms with Crippen molar-refractivity contribution in [3.63, 3.8) is 0 Å². The van der Waals surface area contributed by atoms with Gasteiger partial charge >= 0.3 is 6.18 Å². The monoisotopic (exact) mass is 471 g/mol. The summed E-state index contributed by atoms with van der Waals surface area (Å²) >= 11 is 1.10. The van der Waals surface area contributed by atoms with Crippen LogP contribution >= 0.6 is 11.3 Å². The number of alkyl halides is 3. The van der Waals surface area contributed by atoms with Crippen molar-refractivity contribution in [1.82, 2.24) is 4.98 Å². The third kappa shape index (κ3) is 4.90. The number of hydrogen-bond acceptors (Lipinski definition) is 6. The SMILES string of the molecule is O=C(Nc1nc2ccc(OCC(F)(F)F)cc2s1)c1ccc(N2CCCS2(=O)=O)cc1. The van der Waals surface area contributed by atoms with Gasteiger partial charge in [-0.05, 0) is 48.9 Å². The highest BCUT2D eigenvalue weighted by atomic mass is 32.2. The lowest BCUT2D eigenvalue weighted by Crippen LogP contribution is -2.25. The van der Waals surface area contributed by atoms with E-state index in [1.54, 1.807) is 12.1 Å². The number of fused-ring (bicyclic) bond motifs is 1. The Kier molecular flexibility index (Phi) is 5.52. The maximum absolute atomic E-state index is 12.5. The van der Waals surface area contributed by atoms with Gasteiger partial charge in [-0.15, -0.1) is 0 Å². The number of hydrogen-bond donors (Lipinski definition) is 1. The molecular formula is C19H16F3N3O4S2. The Hall–Kier alpha value is -2.86. The van der Waals surface area contributed by atoms with Crippen LogP contribution in [0, 0.1) is 0 Å². The number of amides is 1. The van der Waals surface area contributed by atoms with Crippen LogP contribution in [0.5, 0.6) is 5.75 Å². The molecule has 0 radical (unpaired) electrons. The normalized spacial score (nSPS) is 15.9. The molecule has 7 nitrogen and oxygen atoms in total. The van der Waals surface area contributed by atoms with Gasteiger partial charge in [-0.1, -0.05) is 11.3 Å². The van der Waals surface area contributed by atoms with E-state index in [9.17, 15) is 26.4 Å². The fraction of sp³-hybridized carbons (Fsp3) is 0.263. The quantitative estimate of drug-likeness (QED) is 0.607. The number of aromatic nitrogens is 1. The van der Waals surface area contributed by atoms with Crippen LogP contribution in [-0.2, 0) is 10.0 Å². The summed E-state index contributed by atoms with van der Waals surface area (Å²) < 4.78 is 67.5. The average molecular weight is 471 g/mol. The van der Waals surface area contributed by atoms with Crippen LogP contribution < -0.4 is 14.4 Å². The van der Waals surface area contributed by atoms with E-state index in [4.69, 9.17) is 4.74 Å². The molecule has 1 N–H and O–H groups in total. The van der Waals surface area contributed by atoms with Crippen molar-refractivity contribution in [2.45, 2.75) is 12.6 Å². The number of rotatable bonds is 5. The lowest BCUT2D eigenvalue weighted by Gasteiger charge is -2.16. The molecule has 2 aromatic carbocycles. The van der Waals surface area contributed by atoms with Crippen LogP contribution in [0.15, 0.2) is 42.5 Å². The van der Waals surface area contributed by atoms with Gasteiger partial charge < -0.3 is 4.74 Å². The third-order valence-electron chi connectivity index (χ3n) is 4.50. The van der Waals surface area contributed by atoms with Crippen molar-refractivity contribution in [2.75, 3.05) is 28.5 Å². The van der Waals surface area contributed by atoms with E-state index >= 15 is 0 Å². The van der Waals surface area contributed by atoms with E-state index in [-0.39, 0.29) is 16.6 Å². The third-order valence-corrected chi connectivity index (χ3v) is 7.30. The topological polar surface area (TPSA) is 88.6 Å². The lowest BCUT2D eigenvalue weighted by atomic mass is 10.2. The molecule has 12 heteroatoms. The Morgan fingerprint density at radius 2 is 1.94 bits per heavy atom. The van der Waals surface area contributed by atoms with Crippen molar-refractivity contribution in [1.29, 1.82) is 0 Å². The number of carbonyl (C=O) groups excluding carboxylic acids is 1. The molecule has 2 heterocycles. The maximum atomic E-state index is 12.5. The van der Waals surface area contributed by atoms with Gasteiger partial charge in [0.1, 0.15) is 5.75 Å². The van der Waals surface area contributed by atoms with Crippen LogP contribution in [0.4, 0.5) is 24.0 Å². The molecule has 0 bridgehead atoms. The molecule has 1 aliphatic heterocycles. The van der Waals surface area contributed by atoms with Gasteiger partial charge in [0.2, 0.25) is 10.0 Å². The molecular weight excluding hydrogens is 455 g/mol.